The maximum atomic E-state index is 13.6. The molecule has 0 saturated carbocycles. The number of amides is 2. The Bertz CT molecular complexity index is 981. The Balaban J connectivity index is 1.80. The molecule has 0 aliphatic heterocycles. The first-order chi connectivity index (χ1) is 15.1. The second kappa shape index (κ2) is 11.1. The van der Waals surface area contributed by atoms with E-state index in [2.05, 4.69) is 15.5 Å². The number of aliphatic hydroxyl groups excluding tert-OH is 1. The number of carbonyl (C=O) groups excluding carboxylic acids is 1. The molecule has 8 nitrogen and oxygen atoms in total. The average Bonchev–Trinajstić information content (AvgIpc) is 3.31. The lowest BCUT2D eigenvalue weighted by Gasteiger charge is -2.24. The van der Waals surface area contributed by atoms with E-state index in [-0.39, 0.29) is 31.6 Å². The highest BCUT2D eigenvalue weighted by molar-refractivity contribution is 5.91. The van der Waals surface area contributed by atoms with Crippen LogP contribution in [0.15, 0.2) is 54.9 Å². The summed E-state index contributed by atoms with van der Waals surface area (Å²) in [5, 5.41) is 18.7. The number of nitrogens with zero attached hydrogens (tertiary/aromatic N) is 2. The van der Waals surface area contributed by atoms with Gasteiger partial charge in [-0.25, -0.2) is 9.18 Å². The smallest absolute Gasteiger partial charge is 0.322 e. The number of ether oxygens (including phenoxy) is 1. The summed E-state index contributed by atoms with van der Waals surface area (Å²) in [6, 6.07) is 11.1. The molecule has 9 heteroatoms. The van der Waals surface area contributed by atoms with Crippen molar-refractivity contribution in [2.75, 3.05) is 31.6 Å². The van der Waals surface area contributed by atoms with Crippen LogP contribution in [0.1, 0.15) is 12.0 Å². The Kier molecular flexibility index (Phi) is 7.97. The molecule has 2 amide bonds. The molecule has 3 rings (SSSR count). The maximum absolute atomic E-state index is 13.6. The predicted octanol–water partition coefficient (Wildman–Crippen LogP) is 2.97. The molecule has 0 spiro atoms. The van der Waals surface area contributed by atoms with E-state index in [9.17, 15) is 9.18 Å². The van der Waals surface area contributed by atoms with Crippen LogP contribution in [0.3, 0.4) is 0 Å². The van der Waals surface area contributed by atoms with Gasteiger partial charge in [0, 0.05) is 24.8 Å². The van der Waals surface area contributed by atoms with Gasteiger partial charge in [0.15, 0.2) is 0 Å². The minimum absolute atomic E-state index is 0.0812. The van der Waals surface area contributed by atoms with Crippen LogP contribution in [0.25, 0.3) is 11.1 Å². The van der Waals surface area contributed by atoms with Crippen LogP contribution < -0.4 is 15.8 Å². The molecular weight excluding hydrogens is 401 g/mol. The Morgan fingerprint density at radius 1 is 1.26 bits per heavy atom. The lowest BCUT2D eigenvalue weighted by atomic mass is 10.1. The number of hydrogen-bond acceptors (Lipinski definition) is 5. The topological polar surface area (TPSA) is 116 Å². The summed E-state index contributed by atoms with van der Waals surface area (Å²) in [7, 11) is 0. The Hall–Kier alpha value is -3.43. The SMILES string of the molecule is NCCCN(Cc1cccc(F)c1)C(=O)Nc1ccc(-c2cn[nH]c2)cc1OCCO. The molecule has 1 heterocycles. The van der Waals surface area contributed by atoms with E-state index in [0.717, 1.165) is 11.1 Å². The van der Waals surface area contributed by atoms with E-state index >= 15 is 0 Å². The maximum Gasteiger partial charge on any atom is 0.322 e. The van der Waals surface area contributed by atoms with Gasteiger partial charge in [-0.3, -0.25) is 5.10 Å². The highest BCUT2D eigenvalue weighted by Gasteiger charge is 2.17. The van der Waals surface area contributed by atoms with E-state index in [1.54, 1.807) is 41.6 Å². The molecule has 3 aromatic rings. The number of carbonyl (C=O) groups is 1. The number of rotatable bonds is 10. The molecule has 0 radical (unpaired) electrons. The van der Waals surface area contributed by atoms with E-state index in [1.165, 1.54) is 12.1 Å². The van der Waals surface area contributed by atoms with E-state index < -0.39 is 0 Å². The molecule has 0 saturated heterocycles. The number of benzene rings is 2. The number of aromatic amines is 1. The van der Waals surface area contributed by atoms with Gasteiger partial charge in [-0.05, 0) is 48.4 Å². The second-order valence-electron chi connectivity index (χ2n) is 6.89. The quantitative estimate of drug-likeness (QED) is 0.397. The van der Waals surface area contributed by atoms with Crippen LogP contribution in [-0.2, 0) is 6.54 Å². The molecule has 5 N–H and O–H groups in total. The third-order valence-electron chi connectivity index (χ3n) is 4.59. The third kappa shape index (κ3) is 6.27. The van der Waals surface area contributed by atoms with Gasteiger partial charge in [0.1, 0.15) is 18.2 Å². The number of hydrogen-bond donors (Lipinski definition) is 4. The third-order valence-corrected chi connectivity index (χ3v) is 4.59. The van der Waals surface area contributed by atoms with E-state index in [0.29, 0.717) is 36.5 Å². The number of nitrogens with one attached hydrogen (secondary N) is 2. The normalized spacial score (nSPS) is 10.7. The second-order valence-corrected chi connectivity index (χ2v) is 6.89. The van der Waals surface area contributed by atoms with Gasteiger partial charge in [-0.15, -0.1) is 0 Å². The summed E-state index contributed by atoms with van der Waals surface area (Å²) < 4.78 is 19.2. The number of aliphatic hydroxyl groups is 1. The summed E-state index contributed by atoms with van der Waals surface area (Å²) in [5.41, 5.74) is 8.47. The molecular formula is C22H26FN5O3. The number of anilines is 1. The Morgan fingerprint density at radius 3 is 2.84 bits per heavy atom. The van der Waals surface area contributed by atoms with Crippen LogP contribution in [0.5, 0.6) is 5.75 Å². The molecule has 0 unspecified atom stereocenters. The molecule has 0 atom stereocenters. The summed E-state index contributed by atoms with van der Waals surface area (Å²) in [6.45, 7) is 1.00. The van der Waals surface area contributed by atoms with Crippen LogP contribution in [-0.4, -0.2) is 52.5 Å². The fourth-order valence-corrected chi connectivity index (χ4v) is 3.07. The molecule has 0 aliphatic carbocycles. The fraction of sp³-hybridized carbons (Fsp3) is 0.273. The van der Waals surface area contributed by atoms with E-state index in [4.69, 9.17) is 15.6 Å². The first kappa shape index (κ1) is 22.3. The average molecular weight is 427 g/mol. The molecule has 0 fully saturated rings. The van der Waals surface area contributed by atoms with Gasteiger partial charge in [0.05, 0.1) is 18.5 Å². The molecule has 0 aliphatic rings. The van der Waals surface area contributed by atoms with Crippen LogP contribution in [0.2, 0.25) is 0 Å². The van der Waals surface area contributed by atoms with Gasteiger partial charge in [0.25, 0.3) is 0 Å². The zero-order valence-electron chi connectivity index (χ0n) is 17.1. The van der Waals surface area contributed by atoms with Crippen LogP contribution in [0, 0.1) is 5.82 Å². The molecule has 1 aromatic heterocycles. The van der Waals surface area contributed by atoms with Gasteiger partial charge < -0.3 is 25.8 Å². The zero-order chi connectivity index (χ0) is 22.1. The minimum atomic E-state index is -0.359. The van der Waals surface area contributed by atoms with Crippen molar-refractivity contribution in [1.29, 1.82) is 0 Å². The number of H-pyrrole nitrogens is 1. The van der Waals surface area contributed by atoms with Gasteiger partial charge in [0.2, 0.25) is 0 Å². The van der Waals surface area contributed by atoms with Crippen molar-refractivity contribution >= 4 is 11.7 Å². The molecule has 2 aromatic carbocycles. The standard InChI is InChI=1S/C22H26FN5O3/c23-19-4-1-3-16(11-19)15-28(8-2-7-24)22(30)27-20-6-5-17(18-13-25-26-14-18)12-21(20)31-10-9-29/h1,3-6,11-14,29H,2,7-10,15,24H2,(H,25,26)(H,27,30). The number of urea groups is 1. The highest BCUT2D eigenvalue weighted by Crippen LogP contribution is 2.31. The predicted molar refractivity (Wildman–Crippen MR) is 116 cm³/mol. The number of nitrogens with two attached hydrogens (primary N) is 1. The summed E-state index contributed by atoms with van der Waals surface area (Å²) in [5.74, 6) is 0.0665. The van der Waals surface area contributed by atoms with Crippen molar-refractivity contribution in [1.82, 2.24) is 15.1 Å². The van der Waals surface area contributed by atoms with Crippen molar-refractivity contribution in [3.63, 3.8) is 0 Å². The number of halogens is 1. The first-order valence-corrected chi connectivity index (χ1v) is 9.98. The first-order valence-electron chi connectivity index (χ1n) is 9.98. The molecule has 31 heavy (non-hydrogen) atoms. The van der Waals surface area contributed by atoms with Crippen LogP contribution in [0.4, 0.5) is 14.9 Å². The molecule has 0 bridgehead atoms. The summed E-state index contributed by atoms with van der Waals surface area (Å²) in [6.07, 6.45) is 4.03. The fourth-order valence-electron chi connectivity index (χ4n) is 3.07. The van der Waals surface area contributed by atoms with Crippen molar-refractivity contribution < 1.29 is 19.0 Å². The van der Waals surface area contributed by atoms with Crippen molar-refractivity contribution in [2.45, 2.75) is 13.0 Å². The minimum Gasteiger partial charge on any atom is -0.489 e. The van der Waals surface area contributed by atoms with Crippen molar-refractivity contribution in [3.8, 4) is 16.9 Å². The largest absolute Gasteiger partial charge is 0.489 e. The van der Waals surface area contributed by atoms with Gasteiger partial charge in [-0.1, -0.05) is 18.2 Å². The Morgan fingerprint density at radius 2 is 2.13 bits per heavy atom. The number of aromatic nitrogens is 2. The van der Waals surface area contributed by atoms with Gasteiger partial charge in [-0.2, -0.15) is 5.10 Å². The highest BCUT2D eigenvalue weighted by atomic mass is 19.1. The Labute approximate surface area is 179 Å². The van der Waals surface area contributed by atoms with E-state index in [1.807, 2.05) is 6.07 Å². The lowest BCUT2D eigenvalue weighted by Crippen LogP contribution is -2.36. The lowest BCUT2D eigenvalue weighted by molar-refractivity contribution is 0.201. The van der Waals surface area contributed by atoms with Crippen molar-refractivity contribution in [3.05, 3.63) is 66.2 Å². The van der Waals surface area contributed by atoms with Crippen LogP contribution >= 0.6 is 0 Å². The van der Waals surface area contributed by atoms with Crippen molar-refractivity contribution in [2.24, 2.45) is 5.73 Å². The zero-order valence-corrected chi connectivity index (χ0v) is 17.1. The van der Waals surface area contributed by atoms with Gasteiger partial charge >= 0.3 is 6.03 Å². The summed E-state index contributed by atoms with van der Waals surface area (Å²) >= 11 is 0. The monoisotopic (exact) mass is 427 g/mol. The molecule has 164 valence electrons. The summed E-state index contributed by atoms with van der Waals surface area (Å²) in [4.78, 5) is 14.6.